The summed E-state index contributed by atoms with van der Waals surface area (Å²) in [6, 6.07) is 22.5. The van der Waals surface area contributed by atoms with E-state index in [4.69, 9.17) is 9.97 Å². The van der Waals surface area contributed by atoms with Crippen molar-refractivity contribution in [2.75, 3.05) is 0 Å². The summed E-state index contributed by atoms with van der Waals surface area (Å²) in [5, 5.41) is 2.61. The number of aromatic amines is 2. The highest BCUT2D eigenvalue weighted by atomic mass is 14.8. The first-order valence-electron chi connectivity index (χ1n) is 16.2. The zero-order chi connectivity index (χ0) is 30.3. The minimum atomic E-state index is 0.930. The number of benzene rings is 2. The number of nitrogens with one attached hydrogen (secondary N) is 2. The molecule has 8 bridgehead atoms. The second-order valence-corrected chi connectivity index (χ2v) is 12.3. The Hall–Kier alpha value is -4.70. The first-order valence-corrected chi connectivity index (χ1v) is 16.2. The normalized spacial score (nSPS) is 13.9. The third-order valence-corrected chi connectivity index (χ3v) is 10.1. The topological polar surface area (TPSA) is 57.4 Å². The van der Waals surface area contributed by atoms with Gasteiger partial charge < -0.3 is 9.97 Å². The quantitative estimate of drug-likeness (QED) is 0.220. The molecule has 2 aliphatic heterocycles. The average molecular weight is 575 g/mol. The Morgan fingerprint density at radius 2 is 0.955 bits per heavy atom. The number of aryl methyl sites for hydroxylation is 2. The number of allylic oxidation sites excluding steroid dienone is 4. The Bertz CT molecular complexity index is 2130. The van der Waals surface area contributed by atoms with Gasteiger partial charge in [-0.25, -0.2) is 9.97 Å². The number of hydrogen-bond acceptors (Lipinski definition) is 2. The Labute approximate surface area is 258 Å². The van der Waals surface area contributed by atoms with E-state index in [1.54, 1.807) is 0 Å². The fourth-order valence-electron chi connectivity index (χ4n) is 7.96. The number of hydrogen-bond donors (Lipinski definition) is 2. The van der Waals surface area contributed by atoms with Crippen molar-refractivity contribution >= 4 is 55.1 Å². The Balaban J connectivity index is 1.58. The van der Waals surface area contributed by atoms with Gasteiger partial charge in [0.2, 0.25) is 0 Å². The summed E-state index contributed by atoms with van der Waals surface area (Å²) in [7, 11) is 0. The van der Waals surface area contributed by atoms with E-state index in [2.05, 4.69) is 112 Å². The van der Waals surface area contributed by atoms with Crippen molar-refractivity contribution in [3.63, 3.8) is 0 Å². The van der Waals surface area contributed by atoms with E-state index in [-0.39, 0.29) is 0 Å². The Kier molecular flexibility index (Phi) is 6.06. The third-order valence-electron chi connectivity index (χ3n) is 10.1. The largest absolute Gasteiger partial charge is 0.355 e. The van der Waals surface area contributed by atoms with Gasteiger partial charge in [-0.2, -0.15) is 0 Å². The number of fused-ring (bicyclic) bond motifs is 13. The summed E-state index contributed by atoms with van der Waals surface area (Å²) >= 11 is 0. The minimum Gasteiger partial charge on any atom is -0.355 e. The average Bonchev–Trinajstić information content (AvgIpc) is 3.79. The first-order chi connectivity index (χ1) is 21.4. The van der Waals surface area contributed by atoms with Crippen molar-refractivity contribution in [2.45, 2.75) is 67.2 Å². The fraction of sp³-hybridized carbons (Fsp3) is 0.250. The van der Waals surface area contributed by atoms with Crippen LogP contribution in [0.5, 0.6) is 0 Å². The molecule has 5 heterocycles. The van der Waals surface area contributed by atoms with Crippen LogP contribution in [0, 0.1) is 0 Å². The van der Waals surface area contributed by atoms with Crippen LogP contribution in [0.2, 0.25) is 0 Å². The molecule has 4 heteroatoms. The Morgan fingerprint density at radius 3 is 1.39 bits per heavy atom. The molecule has 0 atom stereocenters. The highest BCUT2D eigenvalue weighted by Crippen LogP contribution is 2.51. The molecule has 218 valence electrons. The molecule has 1 aliphatic carbocycles. The lowest BCUT2D eigenvalue weighted by atomic mass is 10.0. The highest BCUT2D eigenvalue weighted by Gasteiger charge is 2.27. The third kappa shape index (κ3) is 3.70. The summed E-state index contributed by atoms with van der Waals surface area (Å²) in [5.74, 6) is 0. The molecule has 0 amide bonds. The molecule has 0 radical (unpaired) electrons. The lowest BCUT2D eigenvalue weighted by Gasteiger charge is -2.03. The van der Waals surface area contributed by atoms with Gasteiger partial charge >= 0.3 is 0 Å². The second-order valence-electron chi connectivity index (χ2n) is 12.3. The smallest absolute Gasteiger partial charge is 0.0693 e. The summed E-state index contributed by atoms with van der Waals surface area (Å²) < 4.78 is 0. The molecule has 3 aliphatic rings. The molecule has 0 saturated carbocycles. The summed E-state index contributed by atoms with van der Waals surface area (Å²) in [4.78, 5) is 18.3. The standard InChI is InChI=1S/C40H38N4/c1-7-24-21(5)30-17-34-26(9-3)27(10-4)35(43-34)18-31-22(6)25(8-2)33(42-31)20-37-40-29-16-12-14-23-13-11-15-28(38(23)29)39(40)36(44-37)19-32(24)41-30/h11-20,43-44H,7-10H2,1-6H3. The molecule has 5 aromatic rings. The fourth-order valence-corrected chi connectivity index (χ4v) is 7.96. The van der Waals surface area contributed by atoms with Gasteiger partial charge in [-0.15, -0.1) is 0 Å². The maximum Gasteiger partial charge on any atom is 0.0693 e. The Morgan fingerprint density at radius 1 is 0.523 bits per heavy atom. The molecular weight excluding hydrogens is 536 g/mol. The zero-order valence-corrected chi connectivity index (χ0v) is 26.5. The van der Waals surface area contributed by atoms with Crippen molar-refractivity contribution in [2.24, 2.45) is 0 Å². The molecule has 3 aromatic heterocycles. The van der Waals surface area contributed by atoms with Gasteiger partial charge in [0.25, 0.3) is 0 Å². The van der Waals surface area contributed by atoms with Crippen LogP contribution in [0.4, 0.5) is 0 Å². The number of aromatic nitrogens is 4. The van der Waals surface area contributed by atoms with E-state index < -0.39 is 0 Å². The summed E-state index contributed by atoms with van der Waals surface area (Å²) in [6.45, 7) is 13.4. The highest BCUT2D eigenvalue weighted by molar-refractivity contribution is 6.22. The maximum absolute atomic E-state index is 5.30. The van der Waals surface area contributed by atoms with E-state index in [1.165, 1.54) is 66.4 Å². The monoisotopic (exact) mass is 574 g/mol. The molecule has 0 spiro atoms. The van der Waals surface area contributed by atoms with Crippen LogP contribution in [-0.4, -0.2) is 19.9 Å². The van der Waals surface area contributed by atoms with Crippen LogP contribution in [0.15, 0.2) is 60.7 Å². The predicted molar refractivity (Wildman–Crippen MR) is 187 cm³/mol. The first kappa shape index (κ1) is 26.9. The van der Waals surface area contributed by atoms with Crippen LogP contribution in [0.25, 0.3) is 77.4 Å². The van der Waals surface area contributed by atoms with E-state index in [1.807, 2.05) is 0 Å². The SMILES string of the molecule is CCC1=C(C)c2cc3[nH]c(cc4nc(cc5[nH]c(cc1n2)c1c5-c2cccc5cccc-1c25)C(CC)=C4C)c(CC)c3CC. The molecule has 2 aromatic carbocycles. The van der Waals surface area contributed by atoms with Crippen molar-refractivity contribution in [1.29, 1.82) is 0 Å². The number of H-pyrrole nitrogens is 2. The van der Waals surface area contributed by atoms with E-state index in [9.17, 15) is 0 Å². The van der Waals surface area contributed by atoms with Gasteiger partial charge in [-0.1, -0.05) is 64.1 Å². The van der Waals surface area contributed by atoms with Crippen molar-refractivity contribution < 1.29 is 0 Å². The van der Waals surface area contributed by atoms with Crippen LogP contribution in [-0.2, 0) is 12.8 Å². The van der Waals surface area contributed by atoms with Crippen molar-refractivity contribution in [1.82, 2.24) is 19.9 Å². The maximum atomic E-state index is 5.30. The molecule has 44 heavy (non-hydrogen) atoms. The van der Waals surface area contributed by atoms with E-state index in [0.717, 1.165) is 70.5 Å². The number of rotatable bonds is 4. The van der Waals surface area contributed by atoms with Gasteiger partial charge in [0.15, 0.2) is 0 Å². The molecular formula is C40H38N4. The second kappa shape index (κ2) is 9.92. The van der Waals surface area contributed by atoms with Crippen molar-refractivity contribution in [3.8, 4) is 22.3 Å². The summed E-state index contributed by atoms with van der Waals surface area (Å²) in [6.07, 6.45) is 3.79. The van der Waals surface area contributed by atoms with Gasteiger partial charge in [0.05, 0.1) is 22.8 Å². The van der Waals surface area contributed by atoms with Gasteiger partial charge in [0, 0.05) is 33.2 Å². The van der Waals surface area contributed by atoms with Crippen LogP contribution >= 0.6 is 0 Å². The lowest BCUT2D eigenvalue weighted by Crippen LogP contribution is -1.86. The minimum absolute atomic E-state index is 0.930. The predicted octanol–water partition coefficient (Wildman–Crippen LogP) is 10.9. The number of nitrogens with zero attached hydrogens (tertiary/aromatic N) is 2. The molecule has 0 unspecified atom stereocenters. The van der Waals surface area contributed by atoms with E-state index >= 15 is 0 Å². The van der Waals surface area contributed by atoms with Crippen LogP contribution in [0.1, 0.15) is 88.3 Å². The van der Waals surface area contributed by atoms with Crippen LogP contribution < -0.4 is 0 Å². The van der Waals surface area contributed by atoms with Crippen LogP contribution in [0.3, 0.4) is 0 Å². The molecule has 0 saturated heterocycles. The van der Waals surface area contributed by atoms with E-state index in [0.29, 0.717) is 0 Å². The molecule has 8 rings (SSSR count). The molecule has 0 fully saturated rings. The zero-order valence-electron chi connectivity index (χ0n) is 26.5. The van der Waals surface area contributed by atoms with Crippen molar-refractivity contribution in [3.05, 3.63) is 94.6 Å². The molecule has 2 N–H and O–H groups in total. The van der Waals surface area contributed by atoms with Gasteiger partial charge in [0.1, 0.15) is 0 Å². The van der Waals surface area contributed by atoms with Gasteiger partial charge in [-0.05, 0) is 119 Å². The van der Waals surface area contributed by atoms with Gasteiger partial charge in [-0.3, -0.25) is 0 Å². The molecule has 4 nitrogen and oxygen atoms in total. The lowest BCUT2D eigenvalue weighted by molar-refractivity contribution is 1.07. The summed E-state index contributed by atoms with van der Waals surface area (Å²) in [5.41, 5.74) is 21.7.